The molecule has 1 saturated heterocycles. The standard InChI is InChI=1S/C20H22ClFN2O2/c1-23-9-10-24(13-17(23)8-11-25)20(26)15-4-2-14(3-5-15)18-7-6-16(22)12-19(18)21/h2-7,12,17,25H,8-11,13H2,1H3. The van der Waals surface area contributed by atoms with Crippen molar-refractivity contribution in [3.05, 3.63) is 58.9 Å². The lowest BCUT2D eigenvalue weighted by Gasteiger charge is -2.39. The van der Waals surface area contributed by atoms with Crippen LogP contribution in [0.1, 0.15) is 16.8 Å². The first-order chi connectivity index (χ1) is 12.5. The van der Waals surface area contributed by atoms with Crippen LogP contribution in [0, 0.1) is 5.82 Å². The Bertz CT molecular complexity index is 782. The predicted octanol–water partition coefficient (Wildman–Crippen LogP) is 3.28. The van der Waals surface area contributed by atoms with Crippen LogP contribution in [-0.4, -0.2) is 60.1 Å². The Morgan fingerprint density at radius 3 is 2.62 bits per heavy atom. The summed E-state index contributed by atoms with van der Waals surface area (Å²) in [7, 11) is 2.02. The Balaban J connectivity index is 1.74. The molecule has 138 valence electrons. The van der Waals surface area contributed by atoms with Crippen molar-refractivity contribution in [2.24, 2.45) is 0 Å². The number of nitrogens with zero attached hydrogens (tertiary/aromatic N) is 2. The van der Waals surface area contributed by atoms with Gasteiger partial charge in [-0.15, -0.1) is 0 Å². The fourth-order valence-corrected chi connectivity index (χ4v) is 3.57. The maximum Gasteiger partial charge on any atom is 0.253 e. The van der Waals surface area contributed by atoms with Gasteiger partial charge >= 0.3 is 0 Å². The lowest BCUT2D eigenvalue weighted by molar-refractivity contribution is 0.0500. The molecule has 1 unspecified atom stereocenters. The van der Waals surface area contributed by atoms with E-state index in [1.165, 1.54) is 12.1 Å². The fourth-order valence-electron chi connectivity index (χ4n) is 3.29. The van der Waals surface area contributed by atoms with E-state index in [2.05, 4.69) is 4.90 Å². The minimum Gasteiger partial charge on any atom is -0.396 e. The first-order valence-electron chi connectivity index (χ1n) is 8.65. The number of carbonyl (C=O) groups excluding carboxylic acids is 1. The van der Waals surface area contributed by atoms with Gasteiger partial charge in [-0.05, 0) is 49.4 Å². The van der Waals surface area contributed by atoms with Crippen molar-refractivity contribution in [2.45, 2.75) is 12.5 Å². The largest absolute Gasteiger partial charge is 0.396 e. The molecule has 0 aromatic heterocycles. The van der Waals surface area contributed by atoms with Gasteiger partial charge in [0.05, 0.1) is 5.02 Å². The number of aliphatic hydroxyl groups is 1. The molecule has 1 N–H and O–H groups in total. The van der Waals surface area contributed by atoms with Crippen molar-refractivity contribution in [2.75, 3.05) is 33.3 Å². The van der Waals surface area contributed by atoms with Crippen molar-refractivity contribution in [1.29, 1.82) is 0 Å². The zero-order valence-corrected chi connectivity index (χ0v) is 15.4. The molecule has 1 amide bonds. The van der Waals surface area contributed by atoms with E-state index < -0.39 is 0 Å². The molecule has 0 bridgehead atoms. The van der Waals surface area contributed by atoms with Crippen LogP contribution in [0.5, 0.6) is 0 Å². The molecule has 1 aliphatic heterocycles. The maximum atomic E-state index is 13.2. The predicted molar refractivity (Wildman–Crippen MR) is 101 cm³/mol. The van der Waals surface area contributed by atoms with Gasteiger partial charge in [0, 0.05) is 43.4 Å². The molecule has 26 heavy (non-hydrogen) atoms. The van der Waals surface area contributed by atoms with E-state index in [1.54, 1.807) is 18.2 Å². The molecular formula is C20H22ClFN2O2. The molecule has 4 nitrogen and oxygen atoms in total. The summed E-state index contributed by atoms with van der Waals surface area (Å²) >= 11 is 6.11. The van der Waals surface area contributed by atoms with Gasteiger partial charge in [-0.2, -0.15) is 0 Å². The van der Waals surface area contributed by atoms with Crippen LogP contribution in [0.4, 0.5) is 4.39 Å². The third-order valence-corrected chi connectivity index (χ3v) is 5.21. The molecule has 1 heterocycles. The van der Waals surface area contributed by atoms with Crippen molar-refractivity contribution < 1.29 is 14.3 Å². The Labute approximate surface area is 157 Å². The molecule has 1 fully saturated rings. The van der Waals surface area contributed by atoms with Crippen LogP contribution >= 0.6 is 11.6 Å². The van der Waals surface area contributed by atoms with Crippen LogP contribution in [-0.2, 0) is 0 Å². The van der Waals surface area contributed by atoms with E-state index in [4.69, 9.17) is 11.6 Å². The third kappa shape index (κ3) is 4.06. The van der Waals surface area contributed by atoms with Crippen molar-refractivity contribution in [3.8, 4) is 11.1 Å². The van der Waals surface area contributed by atoms with Gasteiger partial charge in [0.15, 0.2) is 0 Å². The normalized spacial score (nSPS) is 18.2. The monoisotopic (exact) mass is 376 g/mol. The summed E-state index contributed by atoms with van der Waals surface area (Å²) in [6.07, 6.45) is 0.655. The fraction of sp³-hybridized carbons (Fsp3) is 0.350. The highest BCUT2D eigenvalue weighted by Crippen LogP contribution is 2.29. The number of likely N-dealkylation sites (N-methyl/N-ethyl adjacent to an activating group) is 1. The number of aliphatic hydroxyl groups excluding tert-OH is 1. The third-order valence-electron chi connectivity index (χ3n) is 4.90. The van der Waals surface area contributed by atoms with Crippen molar-refractivity contribution in [1.82, 2.24) is 9.80 Å². The van der Waals surface area contributed by atoms with Gasteiger partial charge in [0.1, 0.15) is 5.82 Å². The van der Waals surface area contributed by atoms with Crippen LogP contribution < -0.4 is 0 Å². The quantitative estimate of drug-likeness (QED) is 0.890. The average molecular weight is 377 g/mol. The van der Waals surface area contributed by atoms with Gasteiger partial charge in [0.25, 0.3) is 5.91 Å². The number of carbonyl (C=O) groups is 1. The van der Waals surface area contributed by atoms with E-state index in [0.717, 1.165) is 17.7 Å². The molecule has 1 aliphatic rings. The molecule has 0 aliphatic carbocycles. The Kier molecular flexibility index (Phi) is 5.91. The van der Waals surface area contributed by atoms with Gasteiger partial charge in [-0.25, -0.2) is 4.39 Å². The highest BCUT2D eigenvalue weighted by molar-refractivity contribution is 6.33. The molecule has 3 rings (SSSR count). The number of amides is 1. The lowest BCUT2D eigenvalue weighted by atomic mass is 10.0. The minimum absolute atomic E-state index is 0.0159. The molecule has 1 atom stereocenters. The Morgan fingerprint density at radius 1 is 1.23 bits per heavy atom. The maximum absolute atomic E-state index is 13.2. The van der Waals surface area contributed by atoms with Crippen LogP contribution in [0.2, 0.25) is 5.02 Å². The van der Waals surface area contributed by atoms with Crippen molar-refractivity contribution in [3.63, 3.8) is 0 Å². The van der Waals surface area contributed by atoms with Gasteiger partial charge in [0.2, 0.25) is 0 Å². The molecule has 0 spiro atoms. The number of hydrogen-bond acceptors (Lipinski definition) is 3. The Morgan fingerprint density at radius 2 is 1.96 bits per heavy atom. The van der Waals surface area contributed by atoms with E-state index in [1.807, 2.05) is 24.1 Å². The molecule has 0 radical (unpaired) electrons. The highest BCUT2D eigenvalue weighted by Gasteiger charge is 2.27. The summed E-state index contributed by atoms with van der Waals surface area (Å²) in [5.74, 6) is -0.393. The first kappa shape index (κ1) is 18.8. The van der Waals surface area contributed by atoms with Crippen LogP contribution in [0.3, 0.4) is 0 Å². The van der Waals surface area contributed by atoms with Gasteiger partial charge < -0.3 is 10.0 Å². The average Bonchev–Trinajstić information content (AvgIpc) is 2.63. The Hall–Kier alpha value is -1.95. The van der Waals surface area contributed by atoms with Crippen LogP contribution in [0.15, 0.2) is 42.5 Å². The molecular weight excluding hydrogens is 355 g/mol. The smallest absolute Gasteiger partial charge is 0.253 e. The number of rotatable bonds is 4. The number of halogens is 2. The first-order valence-corrected chi connectivity index (χ1v) is 9.03. The highest BCUT2D eigenvalue weighted by atomic mass is 35.5. The van der Waals surface area contributed by atoms with E-state index in [-0.39, 0.29) is 24.4 Å². The number of piperazine rings is 1. The van der Waals surface area contributed by atoms with E-state index in [9.17, 15) is 14.3 Å². The second-order valence-electron chi connectivity index (χ2n) is 6.60. The summed E-state index contributed by atoms with van der Waals surface area (Å²) in [5.41, 5.74) is 2.18. The summed E-state index contributed by atoms with van der Waals surface area (Å²) in [6, 6.07) is 11.7. The number of benzene rings is 2. The molecule has 6 heteroatoms. The van der Waals surface area contributed by atoms with E-state index in [0.29, 0.717) is 30.1 Å². The molecule has 0 saturated carbocycles. The second kappa shape index (κ2) is 8.16. The van der Waals surface area contributed by atoms with E-state index >= 15 is 0 Å². The second-order valence-corrected chi connectivity index (χ2v) is 7.01. The topological polar surface area (TPSA) is 43.8 Å². The summed E-state index contributed by atoms with van der Waals surface area (Å²) < 4.78 is 13.2. The van der Waals surface area contributed by atoms with Gasteiger partial charge in [-0.1, -0.05) is 23.7 Å². The van der Waals surface area contributed by atoms with Gasteiger partial charge in [-0.3, -0.25) is 9.69 Å². The van der Waals surface area contributed by atoms with Crippen molar-refractivity contribution >= 4 is 17.5 Å². The summed E-state index contributed by atoms with van der Waals surface area (Å²) in [5, 5.41) is 9.53. The van der Waals surface area contributed by atoms with Crippen LogP contribution in [0.25, 0.3) is 11.1 Å². The number of hydrogen-bond donors (Lipinski definition) is 1. The summed E-state index contributed by atoms with van der Waals surface area (Å²) in [6.45, 7) is 2.19. The summed E-state index contributed by atoms with van der Waals surface area (Å²) in [4.78, 5) is 16.8. The molecule has 2 aromatic carbocycles. The SMILES string of the molecule is CN1CCN(C(=O)c2ccc(-c3ccc(F)cc3Cl)cc2)CC1CCO. The lowest BCUT2D eigenvalue weighted by Crippen LogP contribution is -2.53. The zero-order chi connectivity index (χ0) is 18.7. The zero-order valence-electron chi connectivity index (χ0n) is 14.7. The molecule has 2 aromatic rings. The minimum atomic E-state index is -0.377.